The van der Waals surface area contributed by atoms with E-state index in [-0.39, 0.29) is 0 Å². The summed E-state index contributed by atoms with van der Waals surface area (Å²) in [5.74, 6) is 0. The zero-order valence-electron chi connectivity index (χ0n) is 8.33. The Labute approximate surface area is 101 Å². The number of rotatable bonds is 3. The van der Waals surface area contributed by atoms with Crippen molar-refractivity contribution in [3.05, 3.63) is 0 Å². The number of hydrogen-bond acceptors (Lipinski definition) is 1. The van der Waals surface area contributed by atoms with Crippen molar-refractivity contribution in [3.8, 4) is 0 Å². The van der Waals surface area contributed by atoms with Crippen molar-refractivity contribution in [1.82, 2.24) is 3.46 Å². The maximum atomic E-state index is 6.25. The Kier molecular flexibility index (Phi) is 4.62. The van der Waals surface area contributed by atoms with Crippen molar-refractivity contribution in [2.24, 2.45) is 0 Å². The molecule has 0 unspecified atom stereocenters. The quantitative estimate of drug-likeness (QED) is 0.670. The van der Waals surface area contributed by atoms with Crippen LogP contribution in [-0.4, -0.2) is 15.5 Å². The van der Waals surface area contributed by atoms with Gasteiger partial charge >= 0.3 is 101 Å². The molecule has 0 aliphatic heterocycles. The van der Waals surface area contributed by atoms with Gasteiger partial charge in [-0.1, -0.05) is 0 Å². The molecule has 0 aromatic heterocycles. The van der Waals surface area contributed by atoms with Crippen LogP contribution in [0.3, 0.4) is 0 Å². The monoisotopic (exact) mass is 417 g/mol. The second kappa shape index (κ2) is 5.52. The van der Waals surface area contributed by atoms with E-state index in [4.69, 9.17) is 18.8 Å². The molecular weight excluding hydrogens is 400 g/mol. The third-order valence-corrected chi connectivity index (χ3v) is 7.99. The van der Waals surface area contributed by atoms with Gasteiger partial charge < -0.3 is 0 Å². The van der Waals surface area contributed by atoms with Crippen molar-refractivity contribution in [2.45, 2.75) is 63.5 Å². The van der Waals surface area contributed by atoms with E-state index in [1.807, 2.05) is 0 Å². The van der Waals surface area contributed by atoms with Crippen LogP contribution in [0.4, 0.5) is 0 Å². The number of hydrogen-bond donors (Lipinski definition) is 0. The van der Waals surface area contributed by atoms with Crippen molar-refractivity contribution in [2.75, 3.05) is 0 Å². The molecule has 4 heteroatoms. The first kappa shape index (κ1) is 11.7. The van der Waals surface area contributed by atoms with E-state index in [1.54, 1.807) is 0 Å². The van der Waals surface area contributed by atoms with Crippen LogP contribution in [0.2, 0.25) is 0 Å². The molecular formula is C10H18Cl2NPt. The Bertz CT molecular complexity index is 161. The van der Waals surface area contributed by atoms with Crippen LogP contribution in [0.15, 0.2) is 0 Å². The van der Waals surface area contributed by atoms with Gasteiger partial charge in [0.1, 0.15) is 0 Å². The van der Waals surface area contributed by atoms with Gasteiger partial charge in [0, 0.05) is 0 Å². The molecule has 2 aliphatic carbocycles. The molecule has 0 spiro atoms. The molecule has 87 valence electrons. The molecule has 0 saturated heterocycles. The maximum absolute atomic E-state index is 6.25. The van der Waals surface area contributed by atoms with E-state index < -0.39 is 15.5 Å². The van der Waals surface area contributed by atoms with Crippen LogP contribution in [0.1, 0.15) is 51.4 Å². The molecule has 0 amide bonds. The minimum atomic E-state index is -1.79. The topological polar surface area (TPSA) is 3.24 Å². The molecule has 2 rings (SSSR count). The summed E-state index contributed by atoms with van der Waals surface area (Å²) in [4.78, 5) is 0. The van der Waals surface area contributed by atoms with E-state index in [9.17, 15) is 0 Å². The zero-order valence-corrected chi connectivity index (χ0v) is 12.1. The van der Waals surface area contributed by atoms with Gasteiger partial charge in [-0.25, -0.2) is 0 Å². The molecule has 2 aliphatic rings. The average molecular weight is 418 g/mol. The number of halogens is 2. The van der Waals surface area contributed by atoms with E-state index in [0.717, 1.165) is 12.1 Å². The van der Waals surface area contributed by atoms with Gasteiger partial charge in [-0.05, 0) is 0 Å². The molecule has 0 heterocycles. The summed E-state index contributed by atoms with van der Waals surface area (Å²) in [6.45, 7) is 0. The summed E-state index contributed by atoms with van der Waals surface area (Å²) in [7, 11) is 12.5. The summed E-state index contributed by atoms with van der Waals surface area (Å²) < 4.78 is 2.54. The Morgan fingerprint density at radius 2 is 1.14 bits per heavy atom. The summed E-state index contributed by atoms with van der Waals surface area (Å²) >= 11 is -1.79. The van der Waals surface area contributed by atoms with Gasteiger partial charge in [-0.15, -0.1) is 0 Å². The summed E-state index contributed by atoms with van der Waals surface area (Å²) in [6.07, 6.45) is 10.9. The Balaban J connectivity index is 1.98. The molecule has 0 radical (unpaired) electrons. The standard InChI is InChI=1S/C10H18N.2ClH.Pt/c1-2-6-9(5-1)11-10-7-3-4-8-10;;;/h9-10H,1-8H2;2*1H;/q-1;;;+3/p-2. The fourth-order valence-electron chi connectivity index (χ4n) is 2.74. The zero-order chi connectivity index (χ0) is 9.97. The molecule has 2 saturated carbocycles. The fraction of sp³-hybridized carbons (Fsp3) is 1.00. The molecule has 0 bridgehead atoms. The molecule has 0 aromatic carbocycles. The minimum absolute atomic E-state index is 0.735. The van der Waals surface area contributed by atoms with Gasteiger partial charge in [0.15, 0.2) is 0 Å². The van der Waals surface area contributed by atoms with E-state index in [2.05, 4.69) is 3.46 Å². The SMILES string of the molecule is [Cl][Pt]([Cl])[N](C1CCCC1)C1CCCC1. The van der Waals surface area contributed by atoms with Crippen LogP contribution in [0.25, 0.3) is 0 Å². The van der Waals surface area contributed by atoms with Crippen LogP contribution in [0, 0.1) is 0 Å². The van der Waals surface area contributed by atoms with Gasteiger partial charge in [0.05, 0.1) is 0 Å². The van der Waals surface area contributed by atoms with Crippen molar-refractivity contribution in [3.63, 3.8) is 0 Å². The molecule has 14 heavy (non-hydrogen) atoms. The van der Waals surface area contributed by atoms with Crippen LogP contribution in [-0.2, 0) is 15.5 Å². The van der Waals surface area contributed by atoms with Crippen LogP contribution < -0.4 is 0 Å². The Hall–Kier alpha value is 1.23. The summed E-state index contributed by atoms with van der Waals surface area (Å²) in [6, 6.07) is 1.47. The fourth-order valence-corrected chi connectivity index (χ4v) is 8.03. The molecule has 2 fully saturated rings. The van der Waals surface area contributed by atoms with Gasteiger partial charge in [-0.3, -0.25) is 0 Å². The Morgan fingerprint density at radius 3 is 1.43 bits per heavy atom. The van der Waals surface area contributed by atoms with Crippen molar-refractivity contribution in [1.29, 1.82) is 0 Å². The van der Waals surface area contributed by atoms with Gasteiger partial charge in [-0.2, -0.15) is 0 Å². The third-order valence-electron chi connectivity index (χ3n) is 3.43. The van der Waals surface area contributed by atoms with E-state index in [0.29, 0.717) is 0 Å². The second-order valence-corrected chi connectivity index (χ2v) is 11.3. The first-order chi connectivity index (χ1) is 6.79. The second-order valence-electron chi connectivity index (χ2n) is 4.34. The predicted octanol–water partition coefficient (Wildman–Crippen LogP) is 4.01. The van der Waals surface area contributed by atoms with Crippen molar-refractivity contribution < 1.29 is 15.5 Å². The van der Waals surface area contributed by atoms with E-state index in [1.165, 1.54) is 51.4 Å². The molecule has 0 atom stereocenters. The van der Waals surface area contributed by atoms with Crippen molar-refractivity contribution >= 4 is 18.8 Å². The predicted molar refractivity (Wildman–Crippen MR) is 58.1 cm³/mol. The first-order valence-corrected chi connectivity index (χ1v) is 12.2. The van der Waals surface area contributed by atoms with Gasteiger partial charge in [0.2, 0.25) is 0 Å². The normalized spacial score (nSPS) is 26.4. The first-order valence-electron chi connectivity index (χ1n) is 5.53. The van der Waals surface area contributed by atoms with E-state index >= 15 is 0 Å². The average Bonchev–Trinajstić information content (AvgIpc) is 2.75. The number of nitrogens with zero attached hydrogens (tertiary/aromatic N) is 1. The molecule has 0 aromatic rings. The third kappa shape index (κ3) is 2.67. The Morgan fingerprint density at radius 1 is 0.786 bits per heavy atom. The van der Waals surface area contributed by atoms with Crippen LogP contribution in [0.5, 0.6) is 0 Å². The summed E-state index contributed by atoms with van der Waals surface area (Å²) in [5, 5.41) is 0. The molecule has 0 N–H and O–H groups in total. The summed E-state index contributed by atoms with van der Waals surface area (Å²) in [5.41, 5.74) is 0. The molecule has 1 nitrogen and oxygen atoms in total. The van der Waals surface area contributed by atoms with Crippen LogP contribution >= 0.6 is 18.8 Å². The van der Waals surface area contributed by atoms with Gasteiger partial charge in [0.25, 0.3) is 0 Å².